The summed E-state index contributed by atoms with van der Waals surface area (Å²) in [6.45, 7) is 3.88. The Morgan fingerprint density at radius 3 is 2.92 bits per heavy atom. The van der Waals surface area contributed by atoms with Gasteiger partial charge in [0, 0.05) is 6.20 Å². The van der Waals surface area contributed by atoms with E-state index in [-0.39, 0.29) is 0 Å². The first-order chi connectivity index (χ1) is 6.22. The SMILES string of the molecule is Cc1ccn2c(C)nc(C=O)c2c1. The summed E-state index contributed by atoms with van der Waals surface area (Å²) in [4.78, 5) is 14.8. The van der Waals surface area contributed by atoms with Gasteiger partial charge in [-0.1, -0.05) is 0 Å². The van der Waals surface area contributed by atoms with E-state index >= 15 is 0 Å². The fraction of sp³-hybridized carbons (Fsp3) is 0.200. The van der Waals surface area contributed by atoms with Crippen LogP contribution in [0.25, 0.3) is 5.52 Å². The molecule has 0 aromatic carbocycles. The van der Waals surface area contributed by atoms with Crippen LogP contribution >= 0.6 is 0 Å². The quantitative estimate of drug-likeness (QED) is 0.617. The zero-order valence-corrected chi connectivity index (χ0v) is 7.61. The lowest BCUT2D eigenvalue weighted by Gasteiger charge is -1.96. The van der Waals surface area contributed by atoms with Crippen molar-refractivity contribution in [2.24, 2.45) is 0 Å². The minimum Gasteiger partial charge on any atom is -0.303 e. The summed E-state index contributed by atoms with van der Waals surface area (Å²) < 4.78 is 1.91. The van der Waals surface area contributed by atoms with Crippen LogP contribution in [-0.4, -0.2) is 15.7 Å². The molecule has 0 radical (unpaired) electrons. The molecule has 2 aromatic heterocycles. The van der Waals surface area contributed by atoms with Gasteiger partial charge in [0.05, 0.1) is 5.52 Å². The molecular formula is C10H10N2O. The van der Waals surface area contributed by atoms with Crippen molar-refractivity contribution >= 4 is 11.8 Å². The molecule has 0 unspecified atom stereocenters. The highest BCUT2D eigenvalue weighted by molar-refractivity contribution is 5.83. The number of aldehydes is 1. The number of aryl methyl sites for hydroxylation is 2. The molecule has 66 valence electrons. The van der Waals surface area contributed by atoms with Crippen molar-refractivity contribution in [3.05, 3.63) is 35.4 Å². The Kier molecular flexibility index (Phi) is 1.65. The summed E-state index contributed by atoms with van der Waals surface area (Å²) in [7, 11) is 0. The maximum absolute atomic E-state index is 10.7. The molecule has 0 saturated carbocycles. The molecule has 0 bridgehead atoms. The van der Waals surface area contributed by atoms with Crippen LogP contribution in [0.4, 0.5) is 0 Å². The number of hydrogen-bond donors (Lipinski definition) is 0. The third-order valence-electron chi connectivity index (χ3n) is 2.12. The number of carbonyl (C=O) groups is 1. The fourth-order valence-electron chi connectivity index (χ4n) is 1.46. The molecule has 0 amide bonds. The third kappa shape index (κ3) is 1.13. The molecule has 3 nitrogen and oxygen atoms in total. The lowest BCUT2D eigenvalue weighted by atomic mass is 10.2. The number of aromatic nitrogens is 2. The number of hydrogen-bond acceptors (Lipinski definition) is 2. The summed E-state index contributed by atoms with van der Waals surface area (Å²) >= 11 is 0. The first kappa shape index (κ1) is 7.98. The molecule has 0 saturated heterocycles. The molecule has 0 atom stereocenters. The molecule has 0 aliphatic rings. The second kappa shape index (κ2) is 2.69. The van der Waals surface area contributed by atoms with Crippen LogP contribution in [0.15, 0.2) is 18.3 Å². The van der Waals surface area contributed by atoms with E-state index in [2.05, 4.69) is 4.98 Å². The van der Waals surface area contributed by atoms with Crippen molar-refractivity contribution in [3.63, 3.8) is 0 Å². The van der Waals surface area contributed by atoms with E-state index in [1.807, 2.05) is 36.6 Å². The maximum atomic E-state index is 10.7. The smallest absolute Gasteiger partial charge is 0.170 e. The molecular weight excluding hydrogens is 164 g/mol. The van der Waals surface area contributed by atoms with Gasteiger partial charge in [-0.25, -0.2) is 4.98 Å². The van der Waals surface area contributed by atoms with Gasteiger partial charge in [-0.2, -0.15) is 0 Å². The molecule has 0 aliphatic carbocycles. The van der Waals surface area contributed by atoms with Crippen LogP contribution in [0.1, 0.15) is 21.9 Å². The molecule has 0 N–H and O–H groups in total. The van der Waals surface area contributed by atoms with Gasteiger partial charge in [-0.15, -0.1) is 0 Å². The molecule has 3 heteroatoms. The molecule has 0 fully saturated rings. The van der Waals surface area contributed by atoms with Gasteiger partial charge in [-0.3, -0.25) is 4.79 Å². The van der Waals surface area contributed by atoms with Gasteiger partial charge in [0.15, 0.2) is 6.29 Å². The van der Waals surface area contributed by atoms with Gasteiger partial charge >= 0.3 is 0 Å². The Morgan fingerprint density at radius 2 is 2.23 bits per heavy atom. The molecule has 2 aromatic rings. The first-order valence-corrected chi connectivity index (χ1v) is 4.13. The topological polar surface area (TPSA) is 34.4 Å². The van der Waals surface area contributed by atoms with Gasteiger partial charge in [0.1, 0.15) is 11.5 Å². The highest BCUT2D eigenvalue weighted by Gasteiger charge is 2.05. The van der Waals surface area contributed by atoms with Gasteiger partial charge in [0.2, 0.25) is 0 Å². The predicted octanol–water partition coefficient (Wildman–Crippen LogP) is 1.76. The van der Waals surface area contributed by atoms with Gasteiger partial charge < -0.3 is 4.40 Å². The number of pyridine rings is 1. The van der Waals surface area contributed by atoms with E-state index in [1.165, 1.54) is 0 Å². The zero-order chi connectivity index (χ0) is 9.42. The molecule has 2 rings (SSSR count). The predicted molar refractivity (Wildman–Crippen MR) is 50.1 cm³/mol. The maximum Gasteiger partial charge on any atom is 0.170 e. The summed E-state index contributed by atoms with van der Waals surface area (Å²) in [5.41, 5.74) is 2.53. The third-order valence-corrected chi connectivity index (χ3v) is 2.12. The lowest BCUT2D eigenvalue weighted by molar-refractivity contribution is 0.112. The van der Waals surface area contributed by atoms with Crippen LogP contribution in [0, 0.1) is 13.8 Å². The number of carbonyl (C=O) groups excluding carboxylic acids is 1. The Labute approximate surface area is 76.0 Å². The minimum absolute atomic E-state index is 0.515. The van der Waals surface area contributed by atoms with Crippen LogP contribution in [-0.2, 0) is 0 Å². The minimum atomic E-state index is 0.515. The Morgan fingerprint density at radius 1 is 1.46 bits per heavy atom. The van der Waals surface area contributed by atoms with Crippen LogP contribution in [0.5, 0.6) is 0 Å². The Balaban J connectivity index is 2.89. The zero-order valence-electron chi connectivity index (χ0n) is 7.61. The van der Waals surface area contributed by atoms with Crippen LogP contribution in [0.2, 0.25) is 0 Å². The van der Waals surface area contributed by atoms with Crippen molar-refractivity contribution in [1.29, 1.82) is 0 Å². The van der Waals surface area contributed by atoms with Crippen molar-refractivity contribution in [2.75, 3.05) is 0 Å². The van der Waals surface area contributed by atoms with Crippen LogP contribution < -0.4 is 0 Å². The summed E-state index contributed by atoms with van der Waals surface area (Å²) in [5, 5.41) is 0. The van der Waals surface area contributed by atoms with Gasteiger partial charge in [0.25, 0.3) is 0 Å². The van der Waals surface area contributed by atoms with Crippen molar-refractivity contribution < 1.29 is 4.79 Å². The lowest BCUT2D eigenvalue weighted by Crippen LogP contribution is -1.87. The number of nitrogens with zero attached hydrogens (tertiary/aromatic N) is 2. The van der Waals surface area contributed by atoms with Gasteiger partial charge in [-0.05, 0) is 31.5 Å². The fourth-order valence-corrected chi connectivity index (χ4v) is 1.46. The van der Waals surface area contributed by atoms with Crippen molar-refractivity contribution in [3.8, 4) is 0 Å². The first-order valence-electron chi connectivity index (χ1n) is 4.13. The van der Waals surface area contributed by atoms with E-state index in [0.717, 1.165) is 23.2 Å². The second-order valence-corrected chi connectivity index (χ2v) is 3.12. The average molecular weight is 174 g/mol. The molecule has 13 heavy (non-hydrogen) atoms. The number of fused-ring (bicyclic) bond motifs is 1. The summed E-state index contributed by atoms with van der Waals surface area (Å²) in [6.07, 6.45) is 2.72. The van der Waals surface area contributed by atoms with E-state index in [0.29, 0.717) is 5.69 Å². The van der Waals surface area contributed by atoms with Crippen molar-refractivity contribution in [2.45, 2.75) is 13.8 Å². The van der Waals surface area contributed by atoms with E-state index in [1.54, 1.807) is 0 Å². The molecule has 0 aliphatic heterocycles. The number of rotatable bonds is 1. The second-order valence-electron chi connectivity index (χ2n) is 3.12. The monoisotopic (exact) mass is 174 g/mol. The van der Waals surface area contributed by atoms with E-state index in [9.17, 15) is 4.79 Å². The Bertz CT molecular complexity index is 471. The standard InChI is InChI=1S/C10H10N2O/c1-7-3-4-12-8(2)11-9(6-13)10(12)5-7/h3-6H,1-2H3. The average Bonchev–Trinajstić information content (AvgIpc) is 2.42. The Hall–Kier alpha value is -1.64. The highest BCUT2D eigenvalue weighted by Crippen LogP contribution is 2.12. The van der Waals surface area contributed by atoms with Crippen molar-refractivity contribution in [1.82, 2.24) is 9.38 Å². The highest BCUT2D eigenvalue weighted by atomic mass is 16.1. The largest absolute Gasteiger partial charge is 0.303 e. The summed E-state index contributed by atoms with van der Waals surface area (Å²) in [5.74, 6) is 0.845. The van der Waals surface area contributed by atoms with Crippen LogP contribution in [0.3, 0.4) is 0 Å². The molecule has 0 spiro atoms. The normalized spacial score (nSPS) is 10.6. The number of imidazole rings is 1. The van der Waals surface area contributed by atoms with E-state index < -0.39 is 0 Å². The van der Waals surface area contributed by atoms with E-state index in [4.69, 9.17) is 0 Å². The summed E-state index contributed by atoms with van der Waals surface area (Å²) in [6, 6.07) is 3.96. The molecule has 2 heterocycles.